The minimum absolute atomic E-state index is 0.126. The standard InChI is InChI=1S/C9H14N2O/c10-6-8-5-9(11-7-8)3-1-2-4-12-9/h8,11H,1-5,7H2. The van der Waals surface area contributed by atoms with Crippen LogP contribution in [-0.2, 0) is 4.74 Å². The highest BCUT2D eigenvalue weighted by molar-refractivity contribution is 4.99. The van der Waals surface area contributed by atoms with Crippen molar-refractivity contribution in [1.82, 2.24) is 5.32 Å². The molecule has 0 aromatic carbocycles. The average Bonchev–Trinajstić information content (AvgIpc) is 2.50. The lowest BCUT2D eigenvalue weighted by atomic mass is 9.97. The molecule has 0 bridgehead atoms. The highest BCUT2D eigenvalue weighted by atomic mass is 16.5. The van der Waals surface area contributed by atoms with Gasteiger partial charge in [0.05, 0.1) is 12.0 Å². The zero-order valence-electron chi connectivity index (χ0n) is 7.18. The first-order chi connectivity index (χ1) is 5.85. The topological polar surface area (TPSA) is 45.0 Å². The maximum Gasteiger partial charge on any atom is 0.120 e. The lowest BCUT2D eigenvalue weighted by Gasteiger charge is -2.33. The number of rotatable bonds is 0. The molecule has 0 aliphatic carbocycles. The van der Waals surface area contributed by atoms with Gasteiger partial charge in [-0.25, -0.2) is 0 Å². The minimum atomic E-state index is -0.126. The van der Waals surface area contributed by atoms with Crippen molar-refractivity contribution in [1.29, 1.82) is 5.26 Å². The number of nitrogens with one attached hydrogen (secondary N) is 1. The van der Waals surface area contributed by atoms with Gasteiger partial charge in [-0.2, -0.15) is 5.26 Å². The summed E-state index contributed by atoms with van der Waals surface area (Å²) in [6.07, 6.45) is 4.35. The molecule has 2 rings (SSSR count). The van der Waals surface area contributed by atoms with E-state index < -0.39 is 0 Å². The van der Waals surface area contributed by atoms with E-state index in [0.29, 0.717) is 0 Å². The van der Waals surface area contributed by atoms with Gasteiger partial charge in [-0.05, 0) is 19.3 Å². The Morgan fingerprint density at radius 3 is 3.00 bits per heavy atom. The lowest BCUT2D eigenvalue weighted by molar-refractivity contribution is -0.0899. The quantitative estimate of drug-likeness (QED) is 0.584. The minimum Gasteiger partial charge on any atom is -0.361 e. The van der Waals surface area contributed by atoms with Crippen LogP contribution in [0.1, 0.15) is 25.7 Å². The van der Waals surface area contributed by atoms with Crippen molar-refractivity contribution in [3.63, 3.8) is 0 Å². The van der Waals surface area contributed by atoms with Gasteiger partial charge >= 0.3 is 0 Å². The summed E-state index contributed by atoms with van der Waals surface area (Å²) in [4.78, 5) is 0. The molecule has 0 saturated carbocycles. The van der Waals surface area contributed by atoms with Gasteiger partial charge in [0.25, 0.3) is 0 Å². The molecule has 0 aromatic heterocycles. The molecule has 0 radical (unpaired) electrons. The molecule has 2 heterocycles. The van der Waals surface area contributed by atoms with Gasteiger partial charge in [0.1, 0.15) is 5.72 Å². The maximum absolute atomic E-state index is 8.73. The SMILES string of the molecule is N#CC1CNC2(CCCCO2)C1. The zero-order valence-corrected chi connectivity index (χ0v) is 7.18. The van der Waals surface area contributed by atoms with E-state index in [4.69, 9.17) is 10.00 Å². The number of hydrogen-bond donors (Lipinski definition) is 1. The van der Waals surface area contributed by atoms with Gasteiger partial charge < -0.3 is 4.74 Å². The molecule has 2 atom stereocenters. The van der Waals surface area contributed by atoms with E-state index in [-0.39, 0.29) is 11.6 Å². The second-order valence-electron chi connectivity index (χ2n) is 3.71. The summed E-state index contributed by atoms with van der Waals surface area (Å²) in [5, 5.41) is 12.1. The Balaban J connectivity index is 1.99. The second kappa shape index (κ2) is 3.04. The van der Waals surface area contributed by atoms with Crippen molar-refractivity contribution in [2.24, 2.45) is 5.92 Å². The third-order valence-electron chi connectivity index (χ3n) is 2.78. The molecule has 0 amide bonds. The third-order valence-corrected chi connectivity index (χ3v) is 2.78. The first-order valence-electron chi connectivity index (χ1n) is 4.63. The Kier molecular flexibility index (Phi) is 2.03. The van der Waals surface area contributed by atoms with Crippen LogP contribution in [-0.4, -0.2) is 18.9 Å². The summed E-state index contributed by atoms with van der Waals surface area (Å²) < 4.78 is 5.70. The Morgan fingerprint density at radius 2 is 2.42 bits per heavy atom. The molecular weight excluding hydrogens is 152 g/mol. The Bertz CT molecular complexity index is 203. The molecule has 66 valence electrons. The molecule has 3 nitrogen and oxygen atoms in total. The predicted molar refractivity (Wildman–Crippen MR) is 44.3 cm³/mol. The first-order valence-corrected chi connectivity index (χ1v) is 4.63. The predicted octanol–water partition coefficient (Wildman–Crippen LogP) is 1.02. The van der Waals surface area contributed by atoms with Gasteiger partial charge in [0.15, 0.2) is 0 Å². The van der Waals surface area contributed by atoms with Crippen molar-refractivity contribution in [2.45, 2.75) is 31.4 Å². The van der Waals surface area contributed by atoms with Crippen LogP contribution >= 0.6 is 0 Å². The molecule has 12 heavy (non-hydrogen) atoms. The average molecular weight is 166 g/mol. The fourth-order valence-corrected chi connectivity index (χ4v) is 2.10. The van der Waals surface area contributed by atoms with Crippen LogP contribution in [0.3, 0.4) is 0 Å². The van der Waals surface area contributed by atoms with Gasteiger partial charge in [-0.1, -0.05) is 0 Å². The van der Waals surface area contributed by atoms with Crippen LogP contribution in [0.15, 0.2) is 0 Å². The maximum atomic E-state index is 8.73. The van der Waals surface area contributed by atoms with E-state index in [1.54, 1.807) is 0 Å². The number of nitriles is 1. The number of hydrogen-bond acceptors (Lipinski definition) is 3. The van der Waals surface area contributed by atoms with E-state index in [9.17, 15) is 0 Å². The molecule has 2 saturated heterocycles. The first kappa shape index (κ1) is 8.03. The highest BCUT2D eigenvalue weighted by Crippen LogP contribution is 2.32. The molecule has 0 aromatic rings. The van der Waals surface area contributed by atoms with Gasteiger partial charge in [0, 0.05) is 19.6 Å². The van der Waals surface area contributed by atoms with Gasteiger partial charge in [0.2, 0.25) is 0 Å². The fraction of sp³-hybridized carbons (Fsp3) is 0.889. The highest BCUT2D eigenvalue weighted by Gasteiger charge is 2.40. The summed E-state index contributed by atoms with van der Waals surface area (Å²) in [5.74, 6) is 0.156. The van der Waals surface area contributed by atoms with Crippen molar-refractivity contribution in [3.05, 3.63) is 0 Å². The van der Waals surface area contributed by atoms with Gasteiger partial charge in [-0.3, -0.25) is 5.32 Å². The third kappa shape index (κ3) is 1.33. The summed E-state index contributed by atoms with van der Waals surface area (Å²) in [6, 6.07) is 2.29. The lowest BCUT2D eigenvalue weighted by Crippen LogP contribution is -2.44. The van der Waals surface area contributed by atoms with Crippen molar-refractivity contribution >= 4 is 0 Å². The van der Waals surface area contributed by atoms with E-state index in [2.05, 4.69) is 11.4 Å². The fourth-order valence-electron chi connectivity index (χ4n) is 2.10. The smallest absolute Gasteiger partial charge is 0.120 e. The molecule has 2 aliphatic rings. The Hall–Kier alpha value is -0.590. The Morgan fingerprint density at radius 1 is 1.50 bits per heavy atom. The number of nitrogens with zero attached hydrogens (tertiary/aromatic N) is 1. The normalized spacial score (nSPS) is 41.4. The summed E-state index contributed by atoms with van der Waals surface area (Å²) in [6.45, 7) is 1.65. The van der Waals surface area contributed by atoms with Crippen LogP contribution in [0.5, 0.6) is 0 Å². The van der Waals surface area contributed by atoms with E-state index >= 15 is 0 Å². The van der Waals surface area contributed by atoms with Crippen LogP contribution in [0, 0.1) is 17.2 Å². The number of ether oxygens (including phenoxy) is 1. The second-order valence-corrected chi connectivity index (χ2v) is 3.71. The van der Waals surface area contributed by atoms with E-state index in [1.165, 1.54) is 12.8 Å². The van der Waals surface area contributed by atoms with E-state index in [1.807, 2.05) is 0 Å². The van der Waals surface area contributed by atoms with Crippen LogP contribution in [0.2, 0.25) is 0 Å². The summed E-state index contributed by atoms with van der Waals surface area (Å²) in [7, 11) is 0. The van der Waals surface area contributed by atoms with Crippen molar-refractivity contribution in [3.8, 4) is 6.07 Å². The largest absolute Gasteiger partial charge is 0.361 e. The molecule has 2 aliphatic heterocycles. The van der Waals surface area contributed by atoms with Crippen LogP contribution < -0.4 is 5.32 Å². The van der Waals surface area contributed by atoms with Crippen molar-refractivity contribution in [2.75, 3.05) is 13.2 Å². The molecule has 2 fully saturated rings. The molecular formula is C9H14N2O. The van der Waals surface area contributed by atoms with Gasteiger partial charge in [-0.15, -0.1) is 0 Å². The Labute approximate surface area is 72.7 Å². The zero-order chi connectivity index (χ0) is 8.44. The van der Waals surface area contributed by atoms with Crippen molar-refractivity contribution < 1.29 is 4.74 Å². The molecule has 3 heteroatoms. The monoisotopic (exact) mass is 166 g/mol. The van der Waals surface area contributed by atoms with E-state index in [0.717, 1.165) is 26.0 Å². The summed E-state index contributed by atoms with van der Waals surface area (Å²) >= 11 is 0. The molecule has 1 spiro atoms. The van der Waals surface area contributed by atoms with Crippen LogP contribution in [0.25, 0.3) is 0 Å². The summed E-state index contributed by atoms with van der Waals surface area (Å²) in [5.41, 5.74) is -0.126. The van der Waals surface area contributed by atoms with Crippen LogP contribution in [0.4, 0.5) is 0 Å². The molecule has 1 N–H and O–H groups in total. The molecule has 2 unspecified atom stereocenters.